The number of aryl methyl sites for hydroxylation is 1. The Hall–Kier alpha value is -1.66. The highest BCUT2D eigenvalue weighted by Gasteiger charge is 2.21. The number of rotatable bonds is 6. The molecule has 0 aliphatic heterocycles. The van der Waals surface area contributed by atoms with Gasteiger partial charge in [-0.15, -0.1) is 11.3 Å². The molecule has 1 atom stereocenters. The number of carbonyl (C=O) groups is 1. The summed E-state index contributed by atoms with van der Waals surface area (Å²) < 4.78 is 5.31. The Balaban J connectivity index is 2.16. The van der Waals surface area contributed by atoms with Gasteiger partial charge in [-0.05, 0) is 31.4 Å². The maximum Gasteiger partial charge on any atom is 0.271 e. The van der Waals surface area contributed by atoms with E-state index in [9.17, 15) is 4.79 Å². The van der Waals surface area contributed by atoms with Gasteiger partial charge in [-0.25, -0.2) is 4.98 Å². The number of hydrogen-bond acceptors (Lipinski definition) is 5. The summed E-state index contributed by atoms with van der Waals surface area (Å²) in [7, 11) is 0. The fraction of sp³-hybridized carbons (Fsp3) is 0.467. The van der Waals surface area contributed by atoms with Crippen LogP contribution in [0.1, 0.15) is 35.6 Å². The Morgan fingerprint density at radius 1 is 1.52 bits per heavy atom. The molecule has 2 heterocycles. The van der Waals surface area contributed by atoms with Crippen molar-refractivity contribution in [3.05, 3.63) is 29.0 Å². The predicted molar refractivity (Wildman–Crippen MR) is 82.3 cm³/mol. The van der Waals surface area contributed by atoms with E-state index in [1.807, 2.05) is 26.8 Å². The average Bonchev–Trinajstić information content (AvgIpc) is 3.06. The zero-order valence-corrected chi connectivity index (χ0v) is 13.2. The second kappa shape index (κ2) is 6.87. The van der Waals surface area contributed by atoms with E-state index >= 15 is 0 Å². The molecule has 2 aromatic rings. The highest BCUT2D eigenvalue weighted by atomic mass is 32.1. The first kappa shape index (κ1) is 15.7. The van der Waals surface area contributed by atoms with Gasteiger partial charge in [0, 0.05) is 17.5 Å². The van der Waals surface area contributed by atoms with Crippen LogP contribution in [0, 0.1) is 12.8 Å². The minimum atomic E-state index is -0.200. The SMILES string of the molecule is Cc1sc(-c2ccco2)nc1C(=O)NC(CCO)C(C)C. The van der Waals surface area contributed by atoms with Crippen LogP contribution in [0.2, 0.25) is 0 Å². The highest BCUT2D eigenvalue weighted by Crippen LogP contribution is 2.28. The van der Waals surface area contributed by atoms with Crippen LogP contribution < -0.4 is 5.32 Å². The van der Waals surface area contributed by atoms with E-state index < -0.39 is 0 Å². The minimum Gasteiger partial charge on any atom is -0.462 e. The quantitative estimate of drug-likeness (QED) is 0.860. The van der Waals surface area contributed by atoms with Crippen molar-refractivity contribution in [1.29, 1.82) is 0 Å². The lowest BCUT2D eigenvalue weighted by molar-refractivity contribution is 0.0911. The number of aliphatic hydroxyl groups is 1. The van der Waals surface area contributed by atoms with Crippen molar-refractivity contribution in [1.82, 2.24) is 10.3 Å². The molecule has 1 amide bonds. The van der Waals surface area contributed by atoms with Crippen molar-refractivity contribution in [3.8, 4) is 10.8 Å². The Morgan fingerprint density at radius 3 is 2.86 bits per heavy atom. The van der Waals surface area contributed by atoms with Gasteiger partial charge in [0.15, 0.2) is 10.8 Å². The maximum absolute atomic E-state index is 12.4. The summed E-state index contributed by atoms with van der Waals surface area (Å²) in [6.07, 6.45) is 2.12. The van der Waals surface area contributed by atoms with Gasteiger partial charge in [0.25, 0.3) is 5.91 Å². The van der Waals surface area contributed by atoms with Gasteiger partial charge in [0.2, 0.25) is 0 Å². The van der Waals surface area contributed by atoms with Crippen LogP contribution in [0.15, 0.2) is 22.8 Å². The van der Waals surface area contributed by atoms with Crippen molar-refractivity contribution < 1.29 is 14.3 Å². The number of aromatic nitrogens is 1. The summed E-state index contributed by atoms with van der Waals surface area (Å²) in [5, 5.41) is 12.7. The number of furan rings is 1. The van der Waals surface area contributed by atoms with E-state index in [0.29, 0.717) is 22.9 Å². The van der Waals surface area contributed by atoms with Crippen LogP contribution >= 0.6 is 11.3 Å². The summed E-state index contributed by atoms with van der Waals surface area (Å²) in [6.45, 7) is 5.96. The first-order chi connectivity index (χ1) is 10.0. The molecule has 0 aliphatic carbocycles. The number of aliphatic hydroxyl groups excluding tert-OH is 1. The molecule has 0 spiro atoms. The molecule has 6 heteroatoms. The molecule has 0 radical (unpaired) electrons. The molecule has 114 valence electrons. The average molecular weight is 308 g/mol. The van der Waals surface area contributed by atoms with Crippen molar-refractivity contribution in [2.24, 2.45) is 5.92 Å². The number of nitrogens with one attached hydrogen (secondary N) is 1. The molecule has 2 aromatic heterocycles. The third-order valence-electron chi connectivity index (χ3n) is 3.30. The lowest BCUT2D eigenvalue weighted by Gasteiger charge is -2.21. The predicted octanol–water partition coefficient (Wildman–Crippen LogP) is 2.85. The van der Waals surface area contributed by atoms with Gasteiger partial charge in [-0.2, -0.15) is 0 Å². The van der Waals surface area contributed by atoms with Gasteiger partial charge >= 0.3 is 0 Å². The fourth-order valence-electron chi connectivity index (χ4n) is 2.06. The van der Waals surface area contributed by atoms with Gasteiger partial charge in [-0.3, -0.25) is 4.79 Å². The van der Waals surface area contributed by atoms with E-state index in [2.05, 4.69) is 10.3 Å². The van der Waals surface area contributed by atoms with Crippen molar-refractivity contribution in [3.63, 3.8) is 0 Å². The first-order valence-electron chi connectivity index (χ1n) is 6.96. The van der Waals surface area contributed by atoms with Crippen molar-refractivity contribution in [2.75, 3.05) is 6.61 Å². The van der Waals surface area contributed by atoms with E-state index in [1.165, 1.54) is 11.3 Å². The highest BCUT2D eigenvalue weighted by molar-refractivity contribution is 7.15. The molecule has 0 saturated heterocycles. The molecule has 2 rings (SSSR count). The van der Waals surface area contributed by atoms with Gasteiger partial charge in [0.05, 0.1) is 6.26 Å². The zero-order chi connectivity index (χ0) is 15.4. The normalized spacial score (nSPS) is 12.6. The van der Waals surface area contributed by atoms with Gasteiger partial charge < -0.3 is 14.8 Å². The summed E-state index contributed by atoms with van der Waals surface area (Å²) in [4.78, 5) is 17.6. The van der Waals surface area contributed by atoms with E-state index in [4.69, 9.17) is 9.52 Å². The topological polar surface area (TPSA) is 75.4 Å². The zero-order valence-electron chi connectivity index (χ0n) is 12.4. The third kappa shape index (κ3) is 3.71. The Labute approximate surface area is 128 Å². The molecule has 0 fully saturated rings. The fourth-order valence-corrected chi connectivity index (χ4v) is 2.94. The lowest BCUT2D eigenvalue weighted by Crippen LogP contribution is -2.39. The minimum absolute atomic E-state index is 0.0524. The summed E-state index contributed by atoms with van der Waals surface area (Å²) in [5.41, 5.74) is 0.426. The van der Waals surface area contributed by atoms with Crippen LogP contribution in [-0.4, -0.2) is 28.6 Å². The van der Waals surface area contributed by atoms with Gasteiger partial charge in [0.1, 0.15) is 5.69 Å². The maximum atomic E-state index is 12.4. The molecule has 0 aliphatic rings. The molecule has 0 aromatic carbocycles. The summed E-state index contributed by atoms with van der Waals surface area (Å²) in [6, 6.07) is 3.56. The molecule has 5 nitrogen and oxygen atoms in total. The van der Waals surface area contributed by atoms with E-state index in [0.717, 1.165) is 4.88 Å². The molecular formula is C15H20N2O3S. The van der Waals surface area contributed by atoms with Crippen LogP contribution in [-0.2, 0) is 0 Å². The van der Waals surface area contributed by atoms with Crippen LogP contribution in [0.3, 0.4) is 0 Å². The van der Waals surface area contributed by atoms with Gasteiger partial charge in [-0.1, -0.05) is 13.8 Å². The summed E-state index contributed by atoms with van der Waals surface area (Å²) in [5.74, 6) is 0.719. The largest absolute Gasteiger partial charge is 0.462 e. The number of carbonyl (C=O) groups excluding carboxylic acids is 1. The number of hydrogen-bond donors (Lipinski definition) is 2. The number of thiazole rings is 1. The molecular weight excluding hydrogens is 288 g/mol. The molecule has 21 heavy (non-hydrogen) atoms. The second-order valence-electron chi connectivity index (χ2n) is 5.24. The molecule has 0 bridgehead atoms. The Bertz CT molecular complexity index is 590. The molecule has 1 unspecified atom stereocenters. The number of nitrogens with zero attached hydrogens (tertiary/aromatic N) is 1. The monoisotopic (exact) mass is 308 g/mol. The van der Waals surface area contributed by atoms with E-state index in [-0.39, 0.29) is 24.5 Å². The standard InChI is InChI=1S/C15H20N2O3S/c1-9(2)11(6-7-18)16-14(19)13-10(3)21-15(17-13)12-5-4-8-20-12/h4-5,8-9,11,18H,6-7H2,1-3H3,(H,16,19). The third-order valence-corrected chi connectivity index (χ3v) is 4.29. The van der Waals surface area contributed by atoms with Crippen molar-refractivity contribution >= 4 is 17.2 Å². The Kier molecular flexibility index (Phi) is 5.14. The lowest BCUT2D eigenvalue weighted by atomic mass is 10.0. The Morgan fingerprint density at radius 2 is 2.29 bits per heavy atom. The first-order valence-corrected chi connectivity index (χ1v) is 7.77. The summed E-state index contributed by atoms with van der Waals surface area (Å²) >= 11 is 1.43. The smallest absolute Gasteiger partial charge is 0.271 e. The van der Waals surface area contributed by atoms with Crippen LogP contribution in [0.25, 0.3) is 10.8 Å². The second-order valence-corrected chi connectivity index (χ2v) is 6.44. The molecule has 0 saturated carbocycles. The van der Waals surface area contributed by atoms with Crippen molar-refractivity contribution in [2.45, 2.75) is 33.2 Å². The van der Waals surface area contributed by atoms with Crippen LogP contribution in [0.4, 0.5) is 0 Å². The van der Waals surface area contributed by atoms with E-state index in [1.54, 1.807) is 12.3 Å². The number of amides is 1. The molecule has 2 N–H and O–H groups in total. The van der Waals surface area contributed by atoms with Crippen LogP contribution in [0.5, 0.6) is 0 Å².